The first kappa shape index (κ1) is 16.4. The number of amides is 1. The molecule has 6 nitrogen and oxygen atoms in total. The summed E-state index contributed by atoms with van der Waals surface area (Å²) < 4.78 is 6.75. The Labute approximate surface area is 143 Å². The lowest BCUT2D eigenvalue weighted by molar-refractivity contribution is -0.157. The summed E-state index contributed by atoms with van der Waals surface area (Å²) in [4.78, 5) is 36.2. The molecule has 1 atom stereocenters. The highest BCUT2D eigenvalue weighted by Gasteiger charge is 2.30. The maximum Gasteiger partial charge on any atom is 0.327 e. The summed E-state index contributed by atoms with van der Waals surface area (Å²) in [6.07, 6.45) is 0.893. The van der Waals surface area contributed by atoms with Gasteiger partial charge in [-0.1, -0.05) is 41.7 Å². The molecule has 1 unspecified atom stereocenters. The average molecular weight is 346 g/mol. The minimum atomic E-state index is -1.01. The van der Waals surface area contributed by atoms with E-state index >= 15 is 0 Å². The molecule has 1 N–H and O–H groups in total. The van der Waals surface area contributed by atoms with Gasteiger partial charge in [0.25, 0.3) is 5.91 Å². The maximum absolute atomic E-state index is 12.4. The number of benzene rings is 1. The Hall–Kier alpha value is -2.41. The number of thiazole rings is 1. The number of hydrogen-bond donors (Lipinski definition) is 1. The van der Waals surface area contributed by atoms with Crippen LogP contribution < -0.4 is 10.2 Å². The Bertz CT molecular complexity index is 792. The molecule has 24 heavy (non-hydrogen) atoms. The van der Waals surface area contributed by atoms with Crippen LogP contribution in [0.5, 0.6) is 0 Å². The van der Waals surface area contributed by atoms with E-state index in [1.54, 1.807) is 36.6 Å². The van der Waals surface area contributed by atoms with Gasteiger partial charge in [0.05, 0.1) is 0 Å². The summed E-state index contributed by atoms with van der Waals surface area (Å²) in [5.41, 5.74) is 1.30. The third-order valence-electron chi connectivity index (χ3n) is 3.78. The highest BCUT2D eigenvalue weighted by molar-refractivity contribution is 7.07. The van der Waals surface area contributed by atoms with E-state index in [0.29, 0.717) is 11.3 Å². The van der Waals surface area contributed by atoms with Crippen molar-refractivity contribution in [3.63, 3.8) is 0 Å². The summed E-state index contributed by atoms with van der Waals surface area (Å²) in [5, 5.41) is 4.54. The predicted octanol–water partition coefficient (Wildman–Crippen LogP) is 1.78. The lowest BCUT2D eigenvalue weighted by Gasteiger charge is -2.18. The number of carbonyl (C=O) groups is 2. The van der Waals surface area contributed by atoms with Crippen LogP contribution in [0.25, 0.3) is 0 Å². The van der Waals surface area contributed by atoms with Crippen LogP contribution >= 0.6 is 11.3 Å². The van der Waals surface area contributed by atoms with Crippen molar-refractivity contribution in [1.82, 2.24) is 9.88 Å². The Morgan fingerprint density at radius 2 is 2.04 bits per heavy atom. The molecule has 1 heterocycles. The second-order valence-electron chi connectivity index (χ2n) is 5.79. The first-order valence-corrected chi connectivity index (χ1v) is 8.62. The molecule has 7 heteroatoms. The Kier molecular flexibility index (Phi) is 4.80. The lowest BCUT2D eigenvalue weighted by Crippen LogP contribution is -2.34. The first-order chi connectivity index (χ1) is 11.5. The van der Waals surface area contributed by atoms with E-state index in [9.17, 15) is 14.4 Å². The molecule has 2 aromatic rings. The van der Waals surface area contributed by atoms with Crippen molar-refractivity contribution < 1.29 is 14.3 Å². The van der Waals surface area contributed by atoms with E-state index in [0.717, 1.165) is 24.2 Å². The zero-order valence-corrected chi connectivity index (χ0v) is 14.0. The summed E-state index contributed by atoms with van der Waals surface area (Å²) in [6.45, 7) is 1.55. The van der Waals surface area contributed by atoms with Crippen molar-refractivity contribution in [3.8, 4) is 0 Å². The van der Waals surface area contributed by atoms with Gasteiger partial charge in [-0.05, 0) is 19.8 Å². The van der Waals surface area contributed by atoms with E-state index < -0.39 is 12.1 Å². The van der Waals surface area contributed by atoms with Gasteiger partial charge in [0, 0.05) is 22.7 Å². The molecule has 0 aliphatic heterocycles. The number of carbonyl (C=O) groups excluding carboxylic acids is 2. The third-order valence-corrected chi connectivity index (χ3v) is 4.66. The van der Waals surface area contributed by atoms with Gasteiger partial charge in [-0.3, -0.25) is 19.0 Å². The van der Waals surface area contributed by atoms with Crippen LogP contribution in [-0.2, 0) is 20.9 Å². The first-order valence-electron chi connectivity index (χ1n) is 7.74. The molecule has 0 saturated heterocycles. The smallest absolute Gasteiger partial charge is 0.327 e. The maximum atomic E-state index is 12.4. The second kappa shape index (κ2) is 7.00. The number of nitrogens with one attached hydrogen (secondary N) is 1. The molecule has 3 rings (SSSR count). The summed E-state index contributed by atoms with van der Waals surface area (Å²) in [6, 6.07) is 9.06. The molecular weight excluding hydrogens is 328 g/mol. The van der Waals surface area contributed by atoms with Crippen LogP contribution in [-0.4, -0.2) is 22.5 Å². The fourth-order valence-corrected chi connectivity index (χ4v) is 3.03. The lowest BCUT2D eigenvalue weighted by atomic mass is 10.1. The molecule has 0 bridgehead atoms. The van der Waals surface area contributed by atoms with Crippen LogP contribution in [0.4, 0.5) is 0 Å². The number of hydrogen-bond acceptors (Lipinski definition) is 5. The molecule has 1 aromatic heterocycles. The van der Waals surface area contributed by atoms with Crippen LogP contribution in [0.15, 0.2) is 40.5 Å². The van der Waals surface area contributed by atoms with Crippen molar-refractivity contribution in [1.29, 1.82) is 0 Å². The number of aryl methyl sites for hydroxylation is 1. The highest BCUT2D eigenvalue weighted by Crippen LogP contribution is 2.23. The van der Waals surface area contributed by atoms with Crippen molar-refractivity contribution >= 4 is 23.2 Å². The zero-order chi connectivity index (χ0) is 17.1. The fraction of sp³-hybridized carbons (Fsp3) is 0.353. The zero-order valence-electron chi connectivity index (χ0n) is 13.2. The molecule has 126 valence electrons. The molecule has 1 fully saturated rings. The van der Waals surface area contributed by atoms with Gasteiger partial charge in [-0.15, -0.1) is 0 Å². The monoisotopic (exact) mass is 346 g/mol. The Balaban J connectivity index is 1.74. The number of esters is 1. The fourth-order valence-electron chi connectivity index (χ4n) is 2.30. The predicted molar refractivity (Wildman–Crippen MR) is 89.8 cm³/mol. The largest absolute Gasteiger partial charge is 0.446 e. The molecular formula is C17H18N2O4S. The SMILES string of the molecule is Cc1csc(=O)n1CC(=O)OC(C(=O)NC1CC1)c1ccccc1. The van der Waals surface area contributed by atoms with Crippen LogP contribution in [0, 0.1) is 6.92 Å². The topological polar surface area (TPSA) is 77.4 Å². The molecule has 1 aliphatic rings. The van der Waals surface area contributed by atoms with Crippen LogP contribution in [0.3, 0.4) is 0 Å². The Morgan fingerprint density at radius 3 is 2.62 bits per heavy atom. The van der Waals surface area contributed by atoms with E-state index in [-0.39, 0.29) is 23.4 Å². The van der Waals surface area contributed by atoms with Gasteiger partial charge in [0.1, 0.15) is 6.54 Å². The minimum Gasteiger partial charge on any atom is -0.446 e. The normalized spacial score (nSPS) is 14.9. The van der Waals surface area contributed by atoms with Crippen molar-refractivity contribution in [2.45, 2.75) is 38.5 Å². The van der Waals surface area contributed by atoms with Gasteiger partial charge in [-0.2, -0.15) is 0 Å². The molecule has 1 amide bonds. The van der Waals surface area contributed by atoms with E-state index in [1.807, 2.05) is 6.07 Å². The average Bonchev–Trinajstić information content (AvgIpc) is 3.34. The standard InChI is InChI=1S/C17H18N2O4S/c1-11-10-24-17(22)19(11)9-14(20)23-15(12-5-3-2-4-6-12)16(21)18-13-7-8-13/h2-6,10,13,15H,7-9H2,1H3,(H,18,21). The van der Waals surface area contributed by atoms with Crippen molar-refractivity contribution in [2.24, 2.45) is 0 Å². The number of aromatic nitrogens is 1. The van der Waals surface area contributed by atoms with Crippen molar-refractivity contribution in [2.75, 3.05) is 0 Å². The van der Waals surface area contributed by atoms with Crippen molar-refractivity contribution in [3.05, 3.63) is 56.6 Å². The van der Waals surface area contributed by atoms with Gasteiger partial charge in [-0.25, -0.2) is 0 Å². The van der Waals surface area contributed by atoms with Gasteiger partial charge in [0.2, 0.25) is 6.10 Å². The van der Waals surface area contributed by atoms with E-state index in [1.165, 1.54) is 4.57 Å². The quantitative estimate of drug-likeness (QED) is 0.809. The van der Waals surface area contributed by atoms with Gasteiger partial charge < -0.3 is 10.1 Å². The summed E-state index contributed by atoms with van der Waals surface area (Å²) >= 11 is 1.03. The van der Waals surface area contributed by atoms with Gasteiger partial charge >= 0.3 is 10.8 Å². The van der Waals surface area contributed by atoms with E-state index in [2.05, 4.69) is 5.32 Å². The molecule has 1 saturated carbocycles. The van der Waals surface area contributed by atoms with Crippen LogP contribution in [0.1, 0.15) is 30.2 Å². The molecule has 1 aromatic carbocycles. The summed E-state index contributed by atoms with van der Waals surface area (Å²) in [7, 11) is 0. The number of nitrogens with zero attached hydrogens (tertiary/aromatic N) is 1. The minimum absolute atomic E-state index is 0.171. The number of rotatable bonds is 6. The van der Waals surface area contributed by atoms with Gasteiger partial charge in [0.15, 0.2) is 0 Å². The van der Waals surface area contributed by atoms with Crippen LogP contribution in [0.2, 0.25) is 0 Å². The molecule has 0 radical (unpaired) electrons. The third kappa shape index (κ3) is 3.91. The number of ether oxygens (including phenoxy) is 1. The molecule has 0 spiro atoms. The summed E-state index contributed by atoms with van der Waals surface area (Å²) in [5.74, 6) is -0.940. The molecule has 1 aliphatic carbocycles. The second-order valence-corrected chi connectivity index (χ2v) is 6.61. The van der Waals surface area contributed by atoms with E-state index in [4.69, 9.17) is 4.74 Å². The highest BCUT2D eigenvalue weighted by atomic mass is 32.1. The Morgan fingerprint density at radius 1 is 1.33 bits per heavy atom.